The van der Waals surface area contributed by atoms with E-state index in [1.54, 1.807) is 0 Å². The Kier molecular flexibility index (Phi) is 7.45. The van der Waals surface area contributed by atoms with Gasteiger partial charge in [-0.2, -0.15) is 0 Å². The van der Waals surface area contributed by atoms with E-state index < -0.39 is 85.4 Å². The summed E-state index contributed by atoms with van der Waals surface area (Å²) in [6, 6.07) is 0. The van der Waals surface area contributed by atoms with Crippen LogP contribution < -0.4 is 0 Å². The molecule has 3 aliphatic heterocycles. The topological polar surface area (TPSA) is 191 Å². The number of ether oxygens (including phenoxy) is 6. The Balaban J connectivity index is 1.77. The van der Waals surface area contributed by atoms with Crippen molar-refractivity contribution >= 4 is 11.6 Å². The SMILES string of the molecule is CO[C@@H]1OC(C(=O)CO)[C@H](O[C@@H]2OC3COC(C)(C(C)=O)O[C@@H]3[C@H](O)C2O)[C@H](O)C1O. The fourth-order valence-electron chi connectivity index (χ4n) is 3.70. The molecular formula is C18H28O13. The minimum atomic E-state index is -1.72. The van der Waals surface area contributed by atoms with Crippen LogP contribution in [0.4, 0.5) is 0 Å². The Hall–Kier alpha value is -1.10. The zero-order valence-electron chi connectivity index (χ0n) is 17.2. The van der Waals surface area contributed by atoms with Crippen molar-refractivity contribution in [3.8, 4) is 0 Å². The van der Waals surface area contributed by atoms with E-state index in [4.69, 9.17) is 28.4 Å². The maximum atomic E-state index is 12.1. The van der Waals surface area contributed by atoms with Crippen LogP contribution in [0, 0.1) is 0 Å². The molecule has 0 amide bonds. The van der Waals surface area contributed by atoms with Gasteiger partial charge in [0.25, 0.3) is 0 Å². The van der Waals surface area contributed by atoms with Gasteiger partial charge in [0.2, 0.25) is 5.79 Å². The highest BCUT2D eigenvalue weighted by Crippen LogP contribution is 2.35. The summed E-state index contributed by atoms with van der Waals surface area (Å²) in [5, 5.41) is 50.8. The summed E-state index contributed by atoms with van der Waals surface area (Å²) >= 11 is 0. The average molecular weight is 452 g/mol. The number of fused-ring (bicyclic) bond motifs is 1. The van der Waals surface area contributed by atoms with E-state index in [1.165, 1.54) is 21.0 Å². The molecule has 0 aromatic rings. The molecule has 0 aromatic carbocycles. The molecule has 5 N–H and O–H groups in total. The quantitative estimate of drug-likeness (QED) is 0.264. The minimum Gasteiger partial charge on any atom is -0.388 e. The number of carbonyl (C=O) groups is 2. The predicted octanol–water partition coefficient (Wildman–Crippen LogP) is -3.81. The molecule has 0 aliphatic carbocycles. The highest BCUT2D eigenvalue weighted by molar-refractivity contribution is 5.85. The van der Waals surface area contributed by atoms with Crippen molar-refractivity contribution in [3.05, 3.63) is 0 Å². The lowest BCUT2D eigenvalue weighted by atomic mass is 9.94. The second kappa shape index (κ2) is 9.41. The fraction of sp³-hybridized carbons (Fsp3) is 0.889. The summed E-state index contributed by atoms with van der Waals surface area (Å²) in [4.78, 5) is 23.9. The molecule has 3 aliphatic rings. The van der Waals surface area contributed by atoms with E-state index >= 15 is 0 Å². The first kappa shape index (κ1) is 24.5. The zero-order valence-corrected chi connectivity index (χ0v) is 17.2. The second-order valence-corrected chi connectivity index (χ2v) is 7.79. The summed E-state index contributed by atoms with van der Waals surface area (Å²) in [6.45, 7) is 1.50. The number of hydrogen-bond acceptors (Lipinski definition) is 13. The number of Topliss-reactive ketones (excluding diaryl/α,β-unsaturated/α-hetero) is 2. The van der Waals surface area contributed by atoms with Crippen molar-refractivity contribution in [2.45, 2.75) is 81.0 Å². The predicted molar refractivity (Wildman–Crippen MR) is 95.2 cm³/mol. The van der Waals surface area contributed by atoms with Crippen LogP contribution in [0.3, 0.4) is 0 Å². The lowest BCUT2D eigenvalue weighted by Crippen LogP contribution is -2.68. The van der Waals surface area contributed by atoms with Gasteiger partial charge in [0.05, 0.1) is 6.61 Å². The number of hydrogen-bond donors (Lipinski definition) is 5. The maximum Gasteiger partial charge on any atom is 0.226 e. The smallest absolute Gasteiger partial charge is 0.226 e. The van der Waals surface area contributed by atoms with Gasteiger partial charge in [0, 0.05) is 14.0 Å². The van der Waals surface area contributed by atoms with Gasteiger partial charge in [0.1, 0.15) is 49.3 Å². The van der Waals surface area contributed by atoms with Crippen molar-refractivity contribution in [1.82, 2.24) is 0 Å². The average Bonchev–Trinajstić information content (AvgIpc) is 2.75. The molecule has 3 fully saturated rings. The molecular weight excluding hydrogens is 424 g/mol. The first-order valence-electron chi connectivity index (χ1n) is 9.72. The highest BCUT2D eigenvalue weighted by Gasteiger charge is 2.56. The third kappa shape index (κ3) is 4.54. The Bertz CT molecular complexity index is 671. The number of aliphatic hydroxyl groups is 5. The van der Waals surface area contributed by atoms with Crippen molar-refractivity contribution in [3.63, 3.8) is 0 Å². The summed E-state index contributed by atoms with van der Waals surface area (Å²) in [5.41, 5.74) is 0. The standard InChI is InChI=1S/C18H28O13/c1-6(20)18(2)27-5-8-14(31-18)9(22)12(25)17(28-8)30-15-10(23)11(24)16(26-3)29-13(15)7(21)4-19/h8-17,19,22-25H,4-5H2,1-3H3/t8?,9-,10-,11?,12?,13?,14+,15-,16-,17+,18?/m1/s1. The molecule has 3 heterocycles. The molecule has 13 nitrogen and oxygen atoms in total. The van der Waals surface area contributed by atoms with Crippen LogP contribution in [0.5, 0.6) is 0 Å². The van der Waals surface area contributed by atoms with Crippen molar-refractivity contribution in [2.75, 3.05) is 20.3 Å². The summed E-state index contributed by atoms with van der Waals surface area (Å²) in [5.74, 6) is -2.94. The first-order chi connectivity index (χ1) is 14.5. The zero-order chi connectivity index (χ0) is 23.1. The highest BCUT2D eigenvalue weighted by atomic mass is 16.8. The van der Waals surface area contributed by atoms with Gasteiger partial charge in [-0.15, -0.1) is 0 Å². The molecule has 0 bridgehead atoms. The van der Waals surface area contributed by atoms with Crippen molar-refractivity contribution in [1.29, 1.82) is 0 Å². The van der Waals surface area contributed by atoms with Crippen molar-refractivity contribution < 1.29 is 63.5 Å². The van der Waals surface area contributed by atoms with E-state index in [1.807, 2.05) is 0 Å². The Morgan fingerprint density at radius 2 is 1.68 bits per heavy atom. The van der Waals surface area contributed by atoms with Gasteiger partial charge < -0.3 is 54.0 Å². The lowest BCUT2D eigenvalue weighted by molar-refractivity contribution is -0.391. The van der Waals surface area contributed by atoms with Gasteiger partial charge in [-0.3, -0.25) is 9.59 Å². The summed E-state index contributed by atoms with van der Waals surface area (Å²) in [7, 11) is 1.19. The molecule has 178 valence electrons. The third-order valence-electron chi connectivity index (χ3n) is 5.71. The van der Waals surface area contributed by atoms with Crippen LogP contribution in [-0.2, 0) is 38.0 Å². The largest absolute Gasteiger partial charge is 0.388 e. The molecule has 0 spiro atoms. The van der Waals surface area contributed by atoms with E-state index in [0.717, 1.165) is 0 Å². The number of methoxy groups -OCH3 is 1. The number of carbonyl (C=O) groups excluding carboxylic acids is 2. The molecule has 3 rings (SSSR count). The molecule has 5 unspecified atom stereocenters. The third-order valence-corrected chi connectivity index (χ3v) is 5.71. The lowest BCUT2D eigenvalue weighted by Gasteiger charge is -2.50. The monoisotopic (exact) mass is 452 g/mol. The second-order valence-electron chi connectivity index (χ2n) is 7.79. The molecule has 0 saturated carbocycles. The van der Waals surface area contributed by atoms with Crippen LogP contribution in [0.15, 0.2) is 0 Å². The Labute approximate surface area is 177 Å². The van der Waals surface area contributed by atoms with Gasteiger partial charge in [-0.25, -0.2) is 0 Å². The van der Waals surface area contributed by atoms with Gasteiger partial charge >= 0.3 is 0 Å². The number of ketones is 2. The van der Waals surface area contributed by atoms with Crippen molar-refractivity contribution in [2.24, 2.45) is 0 Å². The Morgan fingerprint density at radius 3 is 2.26 bits per heavy atom. The maximum absolute atomic E-state index is 12.1. The van der Waals surface area contributed by atoms with Crippen LogP contribution in [0.25, 0.3) is 0 Å². The van der Waals surface area contributed by atoms with Gasteiger partial charge in [0.15, 0.2) is 30.3 Å². The molecule has 0 radical (unpaired) electrons. The number of rotatable bonds is 6. The van der Waals surface area contributed by atoms with Gasteiger partial charge in [-0.05, 0) is 6.92 Å². The van der Waals surface area contributed by atoms with Crippen LogP contribution in [0.1, 0.15) is 13.8 Å². The normalized spacial score (nSPS) is 48.1. The number of aliphatic hydroxyl groups excluding tert-OH is 5. The first-order valence-corrected chi connectivity index (χ1v) is 9.72. The van der Waals surface area contributed by atoms with E-state index in [-0.39, 0.29) is 6.61 Å². The summed E-state index contributed by atoms with van der Waals surface area (Å²) in [6.07, 6.45) is -14.8. The Morgan fingerprint density at radius 1 is 1.03 bits per heavy atom. The van der Waals surface area contributed by atoms with Crippen LogP contribution in [-0.4, -0.2) is 125 Å². The van der Waals surface area contributed by atoms with Gasteiger partial charge in [-0.1, -0.05) is 0 Å². The van der Waals surface area contributed by atoms with E-state index in [2.05, 4.69) is 0 Å². The molecule has 11 atom stereocenters. The van der Waals surface area contributed by atoms with Crippen LogP contribution in [0.2, 0.25) is 0 Å². The molecule has 31 heavy (non-hydrogen) atoms. The molecule has 3 saturated heterocycles. The fourth-order valence-corrected chi connectivity index (χ4v) is 3.70. The molecule has 0 aromatic heterocycles. The van der Waals surface area contributed by atoms with E-state index in [0.29, 0.717) is 0 Å². The minimum absolute atomic E-state index is 0.179. The van der Waals surface area contributed by atoms with Crippen LogP contribution >= 0.6 is 0 Å². The molecule has 13 heteroatoms. The van der Waals surface area contributed by atoms with E-state index in [9.17, 15) is 35.1 Å². The summed E-state index contributed by atoms with van der Waals surface area (Å²) < 4.78 is 32.2.